The summed E-state index contributed by atoms with van der Waals surface area (Å²) in [6.45, 7) is 0. The number of imidazole rings is 1. The highest BCUT2D eigenvalue weighted by Gasteiger charge is 2.29. The molecule has 0 radical (unpaired) electrons. The Morgan fingerprint density at radius 3 is 1.94 bits per heavy atom. The molecule has 0 amide bonds. The van der Waals surface area contributed by atoms with Gasteiger partial charge in [0, 0.05) is 38.7 Å². The molecule has 1 aliphatic rings. The quantitative estimate of drug-likeness (QED) is 0.184. The lowest BCUT2D eigenvalue weighted by molar-refractivity contribution is 0.669. The van der Waals surface area contributed by atoms with Crippen molar-refractivity contribution >= 4 is 50.3 Å². The number of rotatable bonds is 4. The number of furan rings is 1. The van der Waals surface area contributed by atoms with Gasteiger partial charge in [-0.1, -0.05) is 121 Å². The number of nitrogens with zero attached hydrogens (tertiary/aromatic N) is 6. The predicted molar refractivity (Wildman–Crippen MR) is 212 cm³/mol. The van der Waals surface area contributed by atoms with Gasteiger partial charge in [-0.3, -0.25) is 9.47 Å². The number of hydrogen-bond donors (Lipinski definition) is 0. The second-order valence-corrected chi connectivity index (χ2v) is 13.1. The van der Waals surface area contributed by atoms with Crippen LogP contribution in [-0.4, -0.2) is 24.5 Å². The molecule has 7 aromatic carbocycles. The molecule has 53 heavy (non-hydrogen) atoms. The fourth-order valence-corrected chi connectivity index (χ4v) is 7.60. The van der Waals surface area contributed by atoms with E-state index in [0.29, 0.717) is 17.5 Å². The van der Waals surface area contributed by atoms with Crippen LogP contribution in [0.25, 0.3) is 83.9 Å². The third-order valence-corrected chi connectivity index (χ3v) is 10.00. The van der Waals surface area contributed by atoms with Crippen molar-refractivity contribution < 1.29 is 4.42 Å². The van der Waals surface area contributed by atoms with E-state index in [0.717, 1.165) is 83.8 Å². The number of aromatic nitrogens is 5. The highest BCUT2D eigenvalue weighted by Crippen LogP contribution is 2.48. The van der Waals surface area contributed by atoms with Gasteiger partial charge in [0.1, 0.15) is 11.2 Å². The third kappa shape index (κ3) is 4.61. The van der Waals surface area contributed by atoms with Crippen molar-refractivity contribution in [2.75, 3.05) is 4.90 Å². The summed E-state index contributed by atoms with van der Waals surface area (Å²) in [5, 5.41) is 2.08. The second-order valence-electron chi connectivity index (χ2n) is 13.1. The maximum Gasteiger partial charge on any atom is 0.220 e. The Balaban J connectivity index is 1.14. The molecule has 0 spiro atoms. The van der Waals surface area contributed by atoms with E-state index in [1.165, 1.54) is 0 Å². The first kappa shape index (κ1) is 29.4. The van der Waals surface area contributed by atoms with Gasteiger partial charge in [-0.2, -0.15) is 0 Å². The van der Waals surface area contributed by atoms with Crippen LogP contribution in [-0.2, 0) is 0 Å². The SMILES string of the molecule is c1ccc(-c2nc(-c3cccc(N4c5ccccc5-c5ccccc5-n5c4nc4ccccc45)c3)nc(-c3cccc4c3oc3ccccc34)n2)cc1. The van der Waals surface area contributed by atoms with E-state index in [2.05, 4.69) is 113 Å². The smallest absolute Gasteiger partial charge is 0.220 e. The molecule has 3 aromatic heterocycles. The monoisotopic (exact) mass is 680 g/mol. The van der Waals surface area contributed by atoms with E-state index in [9.17, 15) is 0 Å². The van der Waals surface area contributed by atoms with Crippen LogP contribution in [0.5, 0.6) is 0 Å². The Labute approximate surface area is 304 Å². The normalized spacial score (nSPS) is 12.1. The number of fused-ring (bicyclic) bond motifs is 10. The summed E-state index contributed by atoms with van der Waals surface area (Å²) in [6, 6.07) is 58.0. The average molecular weight is 681 g/mol. The summed E-state index contributed by atoms with van der Waals surface area (Å²) in [6.07, 6.45) is 0. The summed E-state index contributed by atoms with van der Waals surface area (Å²) in [5.41, 5.74) is 11.4. The van der Waals surface area contributed by atoms with Gasteiger partial charge < -0.3 is 4.42 Å². The van der Waals surface area contributed by atoms with E-state index >= 15 is 0 Å². The van der Waals surface area contributed by atoms with Gasteiger partial charge in [0.2, 0.25) is 5.95 Å². The van der Waals surface area contributed by atoms with Gasteiger partial charge in [-0.25, -0.2) is 19.9 Å². The van der Waals surface area contributed by atoms with Crippen molar-refractivity contribution in [1.29, 1.82) is 0 Å². The van der Waals surface area contributed by atoms with Crippen LogP contribution >= 0.6 is 0 Å². The number of benzene rings is 7. The fraction of sp³-hybridized carbons (Fsp3) is 0. The lowest BCUT2D eigenvalue weighted by atomic mass is 10.0. The summed E-state index contributed by atoms with van der Waals surface area (Å²) in [4.78, 5) is 22.8. The van der Waals surface area contributed by atoms with Crippen molar-refractivity contribution in [2.45, 2.75) is 0 Å². The molecule has 0 atom stereocenters. The molecular formula is C46H28N6O. The largest absolute Gasteiger partial charge is 0.455 e. The Morgan fingerprint density at radius 1 is 0.434 bits per heavy atom. The van der Waals surface area contributed by atoms with E-state index in [-0.39, 0.29) is 0 Å². The molecule has 1 aliphatic heterocycles. The molecule has 0 N–H and O–H groups in total. The highest BCUT2D eigenvalue weighted by atomic mass is 16.3. The molecule has 248 valence electrons. The van der Waals surface area contributed by atoms with Crippen molar-refractivity contribution in [3.05, 3.63) is 170 Å². The molecule has 0 unspecified atom stereocenters. The zero-order valence-corrected chi connectivity index (χ0v) is 28.3. The molecule has 4 heterocycles. The summed E-state index contributed by atoms with van der Waals surface area (Å²) in [7, 11) is 0. The van der Waals surface area contributed by atoms with Crippen LogP contribution in [0, 0.1) is 0 Å². The van der Waals surface area contributed by atoms with Gasteiger partial charge >= 0.3 is 0 Å². The van der Waals surface area contributed by atoms with Crippen LogP contribution in [0.2, 0.25) is 0 Å². The summed E-state index contributed by atoms with van der Waals surface area (Å²) >= 11 is 0. The molecule has 0 bridgehead atoms. The Bertz CT molecular complexity index is 3040. The van der Waals surface area contributed by atoms with Crippen molar-refractivity contribution in [2.24, 2.45) is 0 Å². The lowest BCUT2D eigenvalue weighted by Gasteiger charge is -2.25. The minimum Gasteiger partial charge on any atom is -0.455 e. The first-order valence-electron chi connectivity index (χ1n) is 17.6. The summed E-state index contributed by atoms with van der Waals surface area (Å²) < 4.78 is 8.71. The lowest BCUT2D eigenvalue weighted by Crippen LogP contribution is -2.14. The molecule has 0 saturated heterocycles. The average Bonchev–Trinajstić information content (AvgIpc) is 3.77. The standard InChI is InChI=1S/C46H28N6O/c1-2-14-29(15-3-1)43-48-44(50-45(49-43)36-22-13-21-35-34-20-6-11-27-41(34)53-42(35)36)30-16-12-17-31(28-30)51-38-24-8-4-18-32(38)33-19-5-9-25-39(33)52-40-26-10-7-23-37(40)47-46(51)52/h1-28H. The van der Waals surface area contributed by atoms with E-state index in [1.807, 2.05) is 66.7 Å². The van der Waals surface area contributed by atoms with Gasteiger partial charge in [0.25, 0.3) is 0 Å². The molecule has 0 saturated carbocycles. The fourth-order valence-electron chi connectivity index (χ4n) is 7.60. The van der Waals surface area contributed by atoms with Crippen molar-refractivity contribution in [3.63, 3.8) is 0 Å². The van der Waals surface area contributed by atoms with Crippen LogP contribution in [0.3, 0.4) is 0 Å². The first-order valence-corrected chi connectivity index (χ1v) is 17.6. The molecule has 0 fully saturated rings. The predicted octanol–water partition coefficient (Wildman–Crippen LogP) is 11.6. The van der Waals surface area contributed by atoms with Gasteiger partial charge in [-0.05, 0) is 48.5 Å². The van der Waals surface area contributed by atoms with Gasteiger partial charge in [0.05, 0.1) is 28.0 Å². The Hall–Kier alpha value is -7.38. The Kier molecular flexibility index (Phi) is 6.42. The number of para-hydroxylation sites is 6. The van der Waals surface area contributed by atoms with Crippen LogP contribution in [0.1, 0.15) is 0 Å². The topological polar surface area (TPSA) is 72.9 Å². The van der Waals surface area contributed by atoms with E-state index < -0.39 is 0 Å². The van der Waals surface area contributed by atoms with E-state index in [4.69, 9.17) is 24.4 Å². The number of hydrogen-bond acceptors (Lipinski definition) is 6. The minimum absolute atomic E-state index is 0.543. The molecule has 7 heteroatoms. The maximum absolute atomic E-state index is 6.44. The molecular weight excluding hydrogens is 653 g/mol. The molecule has 7 nitrogen and oxygen atoms in total. The third-order valence-electron chi connectivity index (χ3n) is 10.00. The van der Waals surface area contributed by atoms with Crippen LogP contribution in [0.15, 0.2) is 174 Å². The van der Waals surface area contributed by atoms with Crippen molar-refractivity contribution in [1.82, 2.24) is 24.5 Å². The number of anilines is 3. The van der Waals surface area contributed by atoms with Crippen molar-refractivity contribution in [3.8, 4) is 51.0 Å². The zero-order chi connectivity index (χ0) is 34.9. The van der Waals surface area contributed by atoms with Gasteiger partial charge in [0.15, 0.2) is 17.5 Å². The molecule has 0 aliphatic carbocycles. The van der Waals surface area contributed by atoms with Crippen LogP contribution < -0.4 is 4.90 Å². The van der Waals surface area contributed by atoms with E-state index in [1.54, 1.807) is 0 Å². The highest BCUT2D eigenvalue weighted by molar-refractivity contribution is 6.09. The Morgan fingerprint density at radius 2 is 1.06 bits per heavy atom. The minimum atomic E-state index is 0.543. The molecule has 10 aromatic rings. The molecule has 11 rings (SSSR count). The maximum atomic E-state index is 6.44. The first-order chi connectivity index (χ1) is 26.3. The zero-order valence-electron chi connectivity index (χ0n) is 28.3. The second kappa shape index (κ2) is 11.6. The summed E-state index contributed by atoms with van der Waals surface area (Å²) in [5.74, 6) is 2.49. The van der Waals surface area contributed by atoms with Gasteiger partial charge in [-0.15, -0.1) is 0 Å². The van der Waals surface area contributed by atoms with Crippen LogP contribution in [0.4, 0.5) is 17.3 Å².